The Hall–Kier alpha value is -3.26. The maximum absolute atomic E-state index is 13.6. The maximum Gasteiger partial charge on any atom is 0.410 e. The fourth-order valence-corrected chi connectivity index (χ4v) is 6.88. The highest BCUT2D eigenvalue weighted by atomic mass is 32.2. The average molecular weight is 519 g/mol. The molecule has 2 amide bonds. The average Bonchev–Trinajstić information content (AvgIpc) is 3.39. The van der Waals surface area contributed by atoms with Crippen LogP contribution in [0.2, 0.25) is 0 Å². The minimum atomic E-state index is -0.764. The van der Waals surface area contributed by atoms with Crippen LogP contribution in [-0.2, 0) is 22.6 Å². The normalized spacial score (nSPS) is 26.0. The van der Waals surface area contributed by atoms with Crippen LogP contribution in [0.3, 0.4) is 0 Å². The summed E-state index contributed by atoms with van der Waals surface area (Å²) in [5.41, 5.74) is 9.01. The molecule has 0 aromatic heterocycles. The Morgan fingerprint density at radius 1 is 1.16 bits per heavy atom. The first-order chi connectivity index (χ1) is 17.8. The Balaban J connectivity index is 1.33. The summed E-state index contributed by atoms with van der Waals surface area (Å²) < 4.78 is 5.49. The van der Waals surface area contributed by atoms with Crippen LogP contribution in [0.25, 0.3) is 0 Å². The number of carbonyl (C=O) groups excluding carboxylic acids is 2. The van der Waals surface area contributed by atoms with Gasteiger partial charge in [0.05, 0.1) is 5.92 Å². The summed E-state index contributed by atoms with van der Waals surface area (Å²) in [5.74, 6) is 0.941. The molecule has 3 aliphatic heterocycles. The maximum atomic E-state index is 13.6. The number of aryl methyl sites for hydroxylation is 1. The number of aliphatic imine (C=N–C) groups is 1. The van der Waals surface area contributed by atoms with Crippen molar-refractivity contribution in [1.82, 2.24) is 9.80 Å². The van der Waals surface area contributed by atoms with E-state index in [0.29, 0.717) is 13.1 Å². The zero-order chi connectivity index (χ0) is 26.2. The molecule has 37 heavy (non-hydrogen) atoms. The number of hydrogen-bond donors (Lipinski definition) is 1. The van der Waals surface area contributed by atoms with Crippen LogP contribution in [0.15, 0.2) is 70.6 Å². The van der Waals surface area contributed by atoms with Gasteiger partial charge in [0.25, 0.3) is 0 Å². The van der Waals surface area contributed by atoms with Crippen molar-refractivity contribution in [2.75, 3.05) is 25.9 Å². The second-order valence-corrected chi connectivity index (χ2v) is 11.3. The van der Waals surface area contributed by atoms with Crippen molar-refractivity contribution in [2.45, 2.75) is 38.3 Å². The highest BCUT2D eigenvalue weighted by molar-refractivity contribution is 8.03. The molecular formula is C29H34N4O3S. The van der Waals surface area contributed by atoms with Crippen LogP contribution < -0.4 is 5.73 Å². The number of ether oxygens (including phenoxy) is 1. The van der Waals surface area contributed by atoms with Crippen LogP contribution in [0.4, 0.5) is 4.79 Å². The second kappa shape index (κ2) is 10.2. The molecule has 3 heterocycles. The van der Waals surface area contributed by atoms with Gasteiger partial charge in [-0.1, -0.05) is 67.6 Å². The van der Waals surface area contributed by atoms with Crippen LogP contribution in [0.5, 0.6) is 0 Å². The van der Waals surface area contributed by atoms with E-state index in [9.17, 15) is 9.59 Å². The topological polar surface area (TPSA) is 88.2 Å². The minimum Gasteiger partial charge on any atom is -0.445 e. The Morgan fingerprint density at radius 2 is 1.89 bits per heavy atom. The summed E-state index contributed by atoms with van der Waals surface area (Å²) in [5, 5.41) is 0. The van der Waals surface area contributed by atoms with E-state index in [4.69, 9.17) is 15.5 Å². The number of rotatable bonds is 6. The Bertz CT molecular complexity index is 1240. The molecule has 0 radical (unpaired) electrons. The van der Waals surface area contributed by atoms with E-state index >= 15 is 0 Å². The minimum absolute atomic E-state index is 0.0231. The van der Waals surface area contributed by atoms with Crippen molar-refractivity contribution in [1.29, 1.82) is 0 Å². The summed E-state index contributed by atoms with van der Waals surface area (Å²) in [7, 11) is 1.67. The lowest BCUT2D eigenvalue weighted by Crippen LogP contribution is -2.64. The van der Waals surface area contributed by atoms with Gasteiger partial charge in [-0.3, -0.25) is 9.69 Å². The molecule has 0 spiro atoms. The molecule has 1 saturated heterocycles. The molecule has 5 rings (SSSR count). The first-order valence-electron chi connectivity index (χ1n) is 12.8. The monoisotopic (exact) mass is 518 g/mol. The Kier molecular flexibility index (Phi) is 7.03. The number of benzene rings is 2. The zero-order valence-electron chi connectivity index (χ0n) is 21.6. The number of hydrogen-bond acceptors (Lipinski definition) is 6. The molecule has 2 aromatic carbocycles. The molecule has 8 heteroatoms. The van der Waals surface area contributed by atoms with Gasteiger partial charge in [0.2, 0.25) is 5.91 Å². The number of thioether (sulfide) groups is 1. The summed E-state index contributed by atoms with van der Waals surface area (Å²) in [6, 6.07) is 18.3. The van der Waals surface area contributed by atoms with Crippen molar-refractivity contribution in [3.05, 3.63) is 82.3 Å². The fraction of sp³-hybridized carbons (Fsp3) is 0.414. The number of nitrogens with zero attached hydrogens (tertiary/aromatic N) is 3. The number of likely N-dealkylation sites (tertiary alicyclic amines) is 1. The van der Waals surface area contributed by atoms with E-state index in [2.05, 4.69) is 37.3 Å². The van der Waals surface area contributed by atoms with E-state index in [1.165, 1.54) is 16.0 Å². The molecule has 0 saturated carbocycles. The van der Waals surface area contributed by atoms with Crippen molar-refractivity contribution >= 4 is 29.7 Å². The molecule has 1 fully saturated rings. The van der Waals surface area contributed by atoms with Crippen molar-refractivity contribution < 1.29 is 14.3 Å². The van der Waals surface area contributed by atoms with E-state index in [1.807, 2.05) is 37.3 Å². The third-order valence-corrected chi connectivity index (χ3v) is 9.18. The fourth-order valence-electron chi connectivity index (χ4n) is 5.51. The highest BCUT2D eigenvalue weighted by Gasteiger charge is 2.55. The van der Waals surface area contributed by atoms with Gasteiger partial charge in [0.1, 0.15) is 12.1 Å². The first kappa shape index (κ1) is 25.4. The van der Waals surface area contributed by atoms with Gasteiger partial charge in [-0.05, 0) is 30.0 Å². The zero-order valence-corrected chi connectivity index (χ0v) is 22.4. The molecule has 194 valence electrons. The molecule has 1 unspecified atom stereocenters. The lowest BCUT2D eigenvalue weighted by molar-refractivity contribution is -0.138. The van der Waals surface area contributed by atoms with Crippen molar-refractivity contribution in [3.63, 3.8) is 0 Å². The summed E-state index contributed by atoms with van der Waals surface area (Å²) in [6.07, 6.45) is 2.91. The number of nitrogens with two attached hydrogens (primary N) is 1. The van der Waals surface area contributed by atoms with Crippen LogP contribution in [-0.4, -0.2) is 59.2 Å². The van der Waals surface area contributed by atoms with Crippen LogP contribution in [0, 0.1) is 11.8 Å². The van der Waals surface area contributed by atoms with Gasteiger partial charge in [-0.2, -0.15) is 0 Å². The Morgan fingerprint density at radius 3 is 2.62 bits per heavy atom. The highest BCUT2D eigenvalue weighted by Crippen LogP contribution is 2.50. The lowest BCUT2D eigenvalue weighted by atomic mass is 9.71. The van der Waals surface area contributed by atoms with E-state index in [0.717, 1.165) is 22.6 Å². The molecule has 0 bridgehead atoms. The number of allylic oxidation sites excluding steroid dienone is 1. The Labute approximate surface area is 222 Å². The van der Waals surface area contributed by atoms with E-state index < -0.39 is 11.5 Å². The summed E-state index contributed by atoms with van der Waals surface area (Å²) >= 11 is 1.76. The molecular weight excluding hydrogens is 484 g/mol. The third-order valence-electron chi connectivity index (χ3n) is 7.79. The summed E-state index contributed by atoms with van der Waals surface area (Å²) in [4.78, 5) is 35.3. The first-order valence-corrected chi connectivity index (χ1v) is 13.8. The summed E-state index contributed by atoms with van der Waals surface area (Å²) in [6.45, 7) is 5.34. The SMILES string of the molecule is CCc1cccc(C2C=C([C@@]3(C)N=C(N)N(C)C(=O)[C@@H]3C3CN(C(=O)OCc4ccccc4)C3)SC2)c1. The molecule has 2 N–H and O–H groups in total. The van der Waals surface area contributed by atoms with Gasteiger partial charge in [0, 0.05) is 42.6 Å². The lowest BCUT2D eigenvalue weighted by Gasteiger charge is -2.50. The predicted molar refractivity (Wildman–Crippen MR) is 147 cm³/mol. The molecule has 7 nitrogen and oxygen atoms in total. The van der Waals surface area contributed by atoms with Gasteiger partial charge in [-0.25, -0.2) is 9.79 Å². The number of guanidine groups is 1. The molecule has 2 aromatic rings. The van der Waals surface area contributed by atoms with Gasteiger partial charge in [0.15, 0.2) is 5.96 Å². The molecule has 3 aliphatic rings. The predicted octanol–water partition coefficient (Wildman–Crippen LogP) is 4.39. The van der Waals surface area contributed by atoms with Gasteiger partial charge < -0.3 is 15.4 Å². The van der Waals surface area contributed by atoms with E-state index in [-0.39, 0.29) is 36.4 Å². The number of amides is 2. The smallest absolute Gasteiger partial charge is 0.410 e. The molecule has 0 aliphatic carbocycles. The molecule has 3 atom stereocenters. The second-order valence-electron chi connectivity index (χ2n) is 10.2. The van der Waals surface area contributed by atoms with Crippen molar-refractivity contribution in [3.8, 4) is 0 Å². The van der Waals surface area contributed by atoms with Crippen molar-refractivity contribution in [2.24, 2.45) is 22.6 Å². The third kappa shape index (κ3) is 4.87. The van der Waals surface area contributed by atoms with Crippen LogP contribution in [0.1, 0.15) is 36.5 Å². The van der Waals surface area contributed by atoms with E-state index in [1.54, 1.807) is 23.7 Å². The number of carbonyl (C=O) groups is 2. The van der Waals surface area contributed by atoms with Gasteiger partial charge in [-0.15, -0.1) is 11.8 Å². The quantitative estimate of drug-likeness (QED) is 0.613. The van der Waals surface area contributed by atoms with Crippen LogP contribution >= 0.6 is 11.8 Å². The largest absolute Gasteiger partial charge is 0.445 e. The van der Waals surface area contributed by atoms with Gasteiger partial charge >= 0.3 is 6.09 Å². The standard InChI is InChI=1S/C29H34N4O3S/c1-4-19-11-8-12-21(13-19)22-14-24(37-18-22)29(2)25(26(34)32(3)27(30)31-29)23-15-33(16-23)28(35)36-17-20-9-6-5-7-10-20/h5-14,22-23,25H,4,15-18H2,1-3H3,(H2,30,31)/t22?,25-,29+/m0/s1.